The van der Waals surface area contributed by atoms with Crippen LogP contribution < -0.4 is 10.1 Å². The second-order valence-corrected chi connectivity index (χ2v) is 6.35. The molecule has 0 radical (unpaired) electrons. The molecule has 0 aliphatic carbocycles. The molecule has 0 spiro atoms. The van der Waals surface area contributed by atoms with Crippen molar-refractivity contribution in [3.05, 3.63) is 36.0 Å². The first-order valence-corrected chi connectivity index (χ1v) is 8.82. The topological polar surface area (TPSA) is 126 Å². The lowest BCUT2D eigenvalue weighted by molar-refractivity contribution is -0.192. The van der Waals surface area contributed by atoms with Gasteiger partial charge in [-0.1, -0.05) is 5.16 Å². The third-order valence-corrected chi connectivity index (χ3v) is 4.33. The number of methoxy groups -OCH3 is 1. The van der Waals surface area contributed by atoms with Gasteiger partial charge < -0.3 is 19.7 Å². The average Bonchev–Trinajstić information content (AvgIpc) is 3.48. The van der Waals surface area contributed by atoms with E-state index < -0.39 is 12.1 Å². The number of hydrogen-bond donors (Lipinski definition) is 3. The highest BCUT2D eigenvalue weighted by atomic mass is 19.4. The number of carbonyl (C=O) groups is 1. The van der Waals surface area contributed by atoms with Crippen molar-refractivity contribution in [3.63, 3.8) is 0 Å². The van der Waals surface area contributed by atoms with Gasteiger partial charge in [0.2, 0.25) is 5.82 Å². The van der Waals surface area contributed by atoms with Crippen molar-refractivity contribution in [1.82, 2.24) is 25.7 Å². The van der Waals surface area contributed by atoms with Crippen LogP contribution in [0.15, 0.2) is 34.9 Å². The Morgan fingerprint density at radius 2 is 2.00 bits per heavy atom. The molecule has 1 aliphatic heterocycles. The summed E-state index contributed by atoms with van der Waals surface area (Å²) in [5, 5.41) is 21.9. The summed E-state index contributed by atoms with van der Waals surface area (Å²) in [7, 11) is 1.64. The molecule has 1 aromatic carbocycles. The number of carboxylic acids is 1. The molecule has 4 rings (SSSR count). The van der Waals surface area contributed by atoms with E-state index in [2.05, 4.69) is 25.7 Å². The maximum absolute atomic E-state index is 10.6. The molecule has 0 amide bonds. The SMILES string of the molecule is COc1ccc(-c2noc(-c3cc(C4CCNC4)[nH]n3)n2)cc1.O=C(O)C(F)(F)F. The molecule has 1 saturated heterocycles. The maximum atomic E-state index is 10.6. The van der Waals surface area contributed by atoms with Gasteiger partial charge in [-0.3, -0.25) is 5.10 Å². The van der Waals surface area contributed by atoms with Gasteiger partial charge in [-0.25, -0.2) is 4.79 Å². The summed E-state index contributed by atoms with van der Waals surface area (Å²) in [5.41, 5.74) is 2.66. The molecule has 3 heterocycles. The van der Waals surface area contributed by atoms with Crippen LogP contribution in [0.5, 0.6) is 5.75 Å². The Labute approximate surface area is 168 Å². The summed E-state index contributed by atoms with van der Waals surface area (Å²) in [6.45, 7) is 2.02. The zero-order chi connectivity index (χ0) is 21.7. The molecule has 0 saturated carbocycles. The van der Waals surface area contributed by atoms with Gasteiger partial charge in [-0.05, 0) is 43.3 Å². The van der Waals surface area contributed by atoms with Gasteiger partial charge in [-0.2, -0.15) is 23.3 Å². The van der Waals surface area contributed by atoms with E-state index in [9.17, 15) is 13.2 Å². The number of rotatable bonds is 4. The van der Waals surface area contributed by atoms with Crippen LogP contribution in [0.3, 0.4) is 0 Å². The number of nitrogens with one attached hydrogen (secondary N) is 2. The van der Waals surface area contributed by atoms with Crippen LogP contribution in [0.4, 0.5) is 13.2 Å². The van der Waals surface area contributed by atoms with Gasteiger partial charge in [0, 0.05) is 23.7 Å². The highest BCUT2D eigenvalue weighted by Crippen LogP contribution is 2.26. The Bertz CT molecular complexity index is 978. The quantitative estimate of drug-likeness (QED) is 0.583. The van der Waals surface area contributed by atoms with Gasteiger partial charge in [-0.15, -0.1) is 0 Å². The van der Waals surface area contributed by atoms with Crippen molar-refractivity contribution in [2.75, 3.05) is 20.2 Å². The number of nitrogens with zero attached hydrogens (tertiary/aromatic N) is 3. The molecular formula is C18H18F3N5O4. The van der Waals surface area contributed by atoms with Gasteiger partial charge in [0.15, 0.2) is 5.69 Å². The average molecular weight is 425 g/mol. The second kappa shape index (κ2) is 8.95. The predicted molar refractivity (Wildman–Crippen MR) is 97.8 cm³/mol. The van der Waals surface area contributed by atoms with Gasteiger partial charge >= 0.3 is 12.1 Å². The Hall–Kier alpha value is -3.41. The lowest BCUT2D eigenvalue weighted by Gasteiger charge is -2.02. The standard InChI is InChI=1S/C16H17N5O2.C2HF3O2/c1-22-12-4-2-10(3-5-12)15-18-16(23-21-15)14-8-13(19-20-14)11-6-7-17-9-11;3-2(4,5)1(6)7/h2-5,8,11,17H,6-7,9H2,1H3,(H,19,20);(H,6,7). The predicted octanol–water partition coefficient (Wildman–Crippen LogP) is 2.85. The number of H-pyrrole nitrogens is 1. The highest BCUT2D eigenvalue weighted by Gasteiger charge is 2.38. The minimum atomic E-state index is -5.08. The van der Waals surface area contributed by atoms with Crippen molar-refractivity contribution < 1.29 is 32.3 Å². The van der Waals surface area contributed by atoms with E-state index >= 15 is 0 Å². The van der Waals surface area contributed by atoms with Crippen LogP contribution in [0.1, 0.15) is 18.0 Å². The van der Waals surface area contributed by atoms with Crippen LogP contribution in [0.2, 0.25) is 0 Å². The molecule has 12 heteroatoms. The van der Waals surface area contributed by atoms with Crippen LogP contribution in [-0.4, -0.2) is 57.8 Å². The highest BCUT2D eigenvalue weighted by molar-refractivity contribution is 5.73. The molecule has 2 aromatic heterocycles. The van der Waals surface area contributed by atoms with E-state index in [1.165, 1.54) is 0 Å². The van der Waals surface area contributed by atoms with Crippen LogP contribution >= 0.6 is 0 Å². The first kappa shape index (κ1) is 21.3. The maximum Gasteiger partial charge on any atom is 0.490 e. The van der Waals surface area contributed by atoms with Gasteiger partial charge in [0.05, 0.1) is 7.11 Å². The molecule has 1 fully saturated rings. The van der Waals surface area contributed by atoms with E-state index in [-0.39, 0.29) is 0 Å². The van der Waals surface area contributed by atoms with E-state index in [0.717, 1.165) is 36.5 Å². The molecule has 3 aromatic rings. The first-order valence-electron chi connectivity index (χ1n) is 8.82. The molecular weight excluding hydrogens is 407 g/mol. The lowest BCUT2D eigenvalue weighted by Crippen LogP contribution is -2.21. The largest absolute Gasteiger partial charge is 0.497 e. The summed E-state index contributed by atoms with van der Waals surface area (Å²) >= 11 is 0. The summed E-state index contributed by atoms with van der Waals surface area (Å²) in [5.74, 6) is -0.536. The molecule has 1 atom stereocenters. The first-order chi connectivity index (χ1) is 14.3. The number of halogens is 3. The normalized spacial score (nSPS) is 16.1. The molecule has 9 nitrogen and oxygen atoms in total. The number of alkyl halides is 3. The number of aromatic amines is 1. The van der Waals surface area contributed by atoms with Crippen LogP contribution in [0, 0.1) is 0 Å². The minimum Gasteiger partial charge on any atom is -0.497 e. The molecule has 1 unspecified atom stereocenters. The Morgan fingerprint density at radius 3 is 2.57 bits per heavy atom. The van der Waals surface area contributed by atoms with E-state index in [1.807, 2.05) is 30.3 Å². The van der Waals surface area contributed by atoms with Crippen LogP contribution in [0.25, 0.3) is 23.0 Å². The summed E-state index contributed by atoms with van der Waals surface area (Å²) < 4.78 is 42.2. The number of aliphatic carboxylic acids is 1. The number of hydrogen-bond acceptors (Lipinski definition) is 7. The van der Waals surface area contributed by atoms with Crippen LogP contribution in [-0.2, 0) is 4.79 Å². The number of ether oxygens (including phenoxy) is 1. The minimum absolute atomic E-state index is 0.421. The Balaban J connectivity index is 0.000000318. The number of benzene rings is 1. The van der Waals surface area contributed by atoms with Gasteiger partial charge in [0.25, 0.3) is 5.89 Å². The fourth-order valence-electron chi connectivity index (χ4n) is 2.76. The monoisotopic (exact) mass is 425 g/mol. The van der Waals surface area contributed by atoms with E-state index in [4.69, 9.17) is 19.2 Å². The summed E-state index contributed by atoms with van der Waals surface area (Å²) in [4.78, 5) is 13.3. The smallest absolute Gasteiger partial charge is 0.490 e. The second-order valence-electron chi connectivity index (χ2n) is 6.35. The third-order valence-electron chi connectivity index (χ3n) is 4.33. The number of carboxylic acid groups (broad SMARTS) is 1. The fraction of sp³-hybridized carbons (Fsp3) is 0.333. The summed E-state index contributed by atoms with van der Waals surface area (Å²) in [6.07, 6.45) is -3.97. The van der Waals surface area contributed by atoms with E-state index in [1.54, 1.807) is 7.11 Å². The third kappa shape index (κ3) is 5.14. The molecule has 3 N–H and O–H groups in total. The fourth-order valence-corrected chi connectivity index (χ4v) is 2.76. The van der Waals surface area contributed by atoms with Crippen molar-refractivity contribution in [1.29, 1.82) is 0 Å². The van der Waals surface area contributed by atoms with Crippen molar-refractivity contribution in [2.45, 2.75) is 18.5 Å². The van der Waals surface area contributed by atoms with E-state index in [0.29, 0.717) is 23.3 Å². The Morgan fingerprint density at radius 1 is 1.30 bits per heavy atom. The summed E-state index contributed by atoms with van der Waals surface area (Å²) in [6, 6.07) is 9.51. The zero-order valence-electron chi connectivity index (χ0n) is 15.7. The molecule has 160 valence electrons. The van der Waals surface area contributed by atoms with Crippen molar-refractivity contribution in [2.24, 2.45) is 0 Å². The lowest BCUT2D eigenvalue weighted by atomic mass is 10.1. The number of aromatic nitrogens is 4. The zero-order valence-corrected chi connectivity index (χ0v) is 15.7. The van der Waals surface area contributed by atoms with Crippen molar-refractivity contribution >= 4 is 5.97 Å². The molecule has 30 heavy (non-hydrogen) atoms. The molecule has 0 bridgehead atoms. The van der Waals surface area contributed by atoms with Gasteiger partial charge in [0.1, 0.15) is 5.75 Å². The van der Waals surface area contributed by atoms with Crippen molar-refractivity contribution in [3.8, 4) is 28.7 Å². The Kier molecular flexibility index (Phi) is 6.35. The molecule has 1 aliphatic rings.